The highest BCUT2D eigenvalue weighted by atomic mass is 35.5. The second-order valence-corrected chi connectivity index (χ2v) is 8.31. The van der Waals surface area contributed by atoms with Crippen LogP contribution in [0.1, 0.15) is 31.2 Å². The normalized spacial score (nSPS) is 16.5. The summed E-state index contributed by atoms with van der Waals surface area (Å²) in [6.07, 6.45) is 4.55. The van der Waals surface area contributed by atoms with Gasteiger partial charge in [-0.25, -0.2) is 12.7 Å². The lowest BCUT2D eigenvalue weighted by molar-refractivity contribution is 0.387. The molecule has 116 valence electrons. The van der Waals surface area contributed by atoms with Crippen LogP contribution < -0.4 is 5.73 Å². The van der Waals surface area contributed by atoms with E-state index in [1.54, 1.807) is 13.1 Å². The van der Waals surface area contributed by atoms with Crippen molar-refractivity contribution in [3.8, 4) is 0 Å². The molecule has 1 aromatic carbocycles. The van der Waals surface area contributed by atoms with Crippen LogP contribution in [-0.4, -0.2) is 31.3 Å². The molecule has 0 saturated heterocycles. The first-order valence-corrected chi connectivity index (χ1v) is 9.10. The molecule has 1 saturated carbocycles. The Bertz CT molecular complexity index is 640. The molecule has 0 bridgehead atoms. The average molecular weight is 347 g/mol. The third-order valence-corrected chi connectivity index (χ3v) is 6.44. The van der Waals surface area contributed by atoms with Crippen molar-refractivity contribution in [1.29, 1.82) is 0 Å². The lowest BCUT2D eigenvalue weighted by Gasteiger charge is -2.21. The maximum atomic E-state index is 12.6. The van der Waals surface area contributed by atoms with Gasteiger partial charge in [-0.1, -0.05) is 42.7 Å². The number of thiocarbonyl (C=S) groups is 1. The third kappa shape index (κ3) is 3.74. The second kappa shape index (κ2) is 6.60. The molecular weight excluding hydrogens is 328 g/mol. The second-order valence-electron chi connectivity index (χ2n) is 5.45. The van der Waals surface area contributed by atoms with Gasteiger partial charge in [0.1, 0.15) is 9.88 Å². The molecule has 0 atom stereocenters. The fourth-order valence-electron chi connectivity index (χ4n) is 2.69. The molecule has 0 heterocycles. The Morgan fingerprint density at radius 3 is 2.57 bits per heavy atom. The predicted octanol–water partition coefficient (Wildman–Crippen LogP) is 2.78. The van der Waals surface area contributed by atoms with Gasteiger partial charge in [0.25, 0.3) is 0 Å². The standard InChI is InChI=1S/C14H19ClN2O2S2/c1-17(9-10-4-2-3-5-10)21(18,19)13-7-6-11(14(16)20)8-12(13)15/h6-8,10H,2-5,9H2,1H3,(H2,16,20). The highest BCUT2D eigenvalue weighted by molar-refractivity contribution is 7.89. The SMILES string of the molecule is CN(CC1CCCC1)S(=O)(=O)c1ccc(C(N)=S)cc1Cl. The Morgan fingerprint density at radius 1 is 1.43 bits per heavy atom. The number of halogens is 1. The first kappa shape index (κ1) is 16.7. The quantitative estimate of drug-likeness (QED) is 0.833. The molecule has 2 rings (SSSR count). The summed E-state index contributed by atoms with van der Waals surface area (Å²) in [4.78, 5) is 0.296. The molecule has 7 heteroatoms. The summed E-state index contributed by atoms with van der Waals surface area (Å²) in [7, 11) is -1.98. The van der Waals surface area contributed by atoms with Gasteiger partial charge < -0.3 is 5.73 Å². The number of sulfonamides is 1. The Hall–Kier alpha value is -0.690. The highest BCUT2D eigenvalue weighted by Crippen LogP contribution is 2.29. The van der Waals surface area contributed by atoms with Gasteiger partial charge in [-0.05, 0) is 30.9 Å². The summed E-state index contributed by atoms with van der Waals surface area (Å²) in [5.74, 6) is 0.444. The maximum Gasteiger partial charge on any atom is 0.244 e. The van der Waals surface area contributed by atoms with E-state index in [1.165, 1.54) is 29.3 Å². The molecule has 1 aromatic rings. The molecule has 2 N–H and O–H groups in total. The number of benzene rings is 1. The van der Waals surface area contributed by atoms with E-state index in [2.05, 4.69) is 0 Å². The molecule has 1 aliphatic rings. The van der Waals surface area contributed by atoms with E-state index >= 15 is 0 Å². The summed E-state index contributed by atoms with van der Waals surface area (Å²) in [6, 6.07) is 4.56. The van der Waals surface area contributed by atoms with Crippen molar-refractivity contribution in [1.82, 2.24) is 4.31 Å². The smallest absolute Gasteiger partial charge is 0.244 e. The van der Waals surface area contributed by atoms with Crippen LogP contribution in [0.15, 0.2) is 23.1 Å². The van der Waals surface area contributed by atoms with E-state index in [1.807, 2.05) is 0 Å². The van der Waals surface area contributed by atoms with Gasteiger partial charge in [-0.3, -0.25) is 0 Å². The van der Waals surface area contributed by atoms with Crippen LogP contribution in [0, 0.1) is 5.92 Å². The van der Waals surface area contributed by atoms with E-state index in [0.717, 1.165) is 12.8 Å². The van der Waals surface area contributed by atoms with Crippen molar-refractivity contribution in [2.45, 2.75) is 30.6 Å². The molecule has 4 nitrogen and oxygen atoms in total. The van der Waals surface area contributed by atoms with Crippen molar-refractivity contribution >= 4 is 38.8 Å². The van der Waals surface area contributed by atoms with E-state index in [4.69, 9.17) is 29.6 Å². The van der Waals surface area contributed by atoms with Crippen molar-refractivity contribution in [3.63, 3.8) is 0 Å². The molecule has 0 radical (unpaired) electrons. The number of nitrogens with two attached hydrogens (primary N) is 1. The first-order chi connectivity index (χ1) is 9.82. The number of hydrogen-bond donors (Lipinski definition) is 1. The van der Waals surface area contributed by atoms with Gasteiger partial charge in [-0.15, -0.1) is 0 Å². The third-order valence-electron chi connectivity index (χ3n) is 3.89. The van der Waals surface area contributed by atoms with Crippen molar-refractivity contribution < 1.29 is 8.42 Å². The van der Waals surface area contributed by atoms with Crippen molar-refractivity contribution in [2.75, 3.05) is 13.6 Å². The summed E-state index contributed by atoms with van der Waals surface area (Å²) < 4.78 is 26.6. The minimum atomic E-state index is -3.58. The van der Waals surface area contributed by atoms with Gasteiger partial charge in [0.15, 0.2) is 0 Å². The Morgan fingerprint density at radius 2 is 2.05 bits per heavy atom. The van der Waals surface area contributed by atoms with Crippen LogP contribution in [0.5, 0.6) is 0 Å². The highest BCUT2D eigenvalue weighted by Gasteiger charge is 2.27. The minimum Gasteiger partial charge on any atom is -0.389 e. The maximum absolute atomic E-state index is 12.6. The fourth-order valence-corrected chi connectivity index (χ4v) is 4.57. The molecule has 0 unspecified atom stereocenters. The lowest BCUT2D eigenvalue weighted by Crippen LogP contribution is -2.31. The zero-order chi connectivity index (χ0) is 15.6. The van der Waals surface area contributed by atoms with Gasteiger partial charge in [0.05, 0.1) is 5.02 Å². The number of rotatable bonds is 5. The van der Waals surface area contributed by atoms with Gasteiger partial charge in [0, 0.05) is 19.2 Å². The fraction of sp³-hybridized carbons (Fsp3) is 0.500. The monoisotopic (exact) mass is 346 g/mol. The lowest BCUT2D eigenvalue weighted by atomic mass is 10.1. The largest absolute Gasteiger partial charge is 0.389 e. The summed E-state index contributed by atoms with van der Waals surface area (Å²) >= 11 is 11.0. The molecule has 21 heavy (non-hydrogen) atoms. The van der Waals surface area contributed by atoms with E-state index in [0.29, 0.717) is 18.0 Å². The Labute approximate surface area is 136 Å². The number of nitrogens with zero attached hydrogens (tertiary/aromatic N) is 1. The van der Waals surface area contributed by atoms with Crippen LogP contribution in [0.25, 0.3) is 0 Å². The number of hydrogen-bond acceptors (Lipinski definition) is 3. The van der Waals surface area contributed by atoms with Crippen LogP contribution in [0.3, 0.4) is 0 Å². The molecule has 0 amide bonds. The van der Waals surface area contributed by atoms with Gasteiger partial charge >= 0.3 is 0 Å². The van der Waals surface area contributed by atoms with Crippen LogP contribution in [-0.2, 0) is 10.0 Å². The molecular formula is C14H19ClN2O2S2. The Kier molecular flexibility index (Phi) is 5.24. The van der Waals surface area contributed by atoms with E-state index in [9.17, 15) is 8.42 Å². The molecule has 1 aliphatic carbocycles. The first-order valence-electron chi connectivity index (χ1n) is 6.88. The molecule has 0 aromatic heterocycles. The zero-order valence-electron chi connectivity index (χ0n) is 11.9. The molecule has 1 fully saturated rings. The van der Waals surface area contributed by atoms with Gasteiger partial charge in [0.2, 0.25) is 10.0 Å². The van der Waals surface area contributed by atoms with E-state index in [-0.39, 0.29) is 14.9 Å². The summed E-state index contributed by atoms with van der Waals surface area (Å²) in [6.45, 7) is 0.537. The summed E-state index contributed by atoms with van der Waals surface area (Å²) in [5, 5.41) is 0.151. The van der Waals surface area contributed by atoms with Crippen LogP contribution in [0.4, 0.5) is 0 Å². The average Bonchev–Trinajstić information content (AvgIpc) is 2.90. The van der Waals surface area contributed by atoms with E-state index < -0.39 is 10.0 Å². The van der Waals surface area contributed by atoms with Crippen molar-refractivity contribution in [2.24, 2.45) is 11.7 Å². The molecule has 0 spiro atoms. The zero-order valence-corrected chi connectivity index (χ0v) is 14.3. The van der Waals surface area contributed by atoms with Crippen LogP contribution in [0.2, 0.25) is 5.02 Å². The van der Waals surface area contributed by atoms with Crippen molar-refractivity contribution in [3.05, 3.63) is 28.8 Å². The van der Waals surface area contributed by atoms with Gasteiger partial charge in [-0.2, -0.15) is 0 Å². The summed E-state index contributed by atoms with van der Waals surface area (Å²) in [5.41, 5.74) is 6.09. The topological polar surface area (TPSA) is 63.4 Å². The molecule has 0 aliphatic heterocycles. The minimum absolute atomic E-state index is 0.102. The van der Waals surface area contributed by atoms with Crippen LogP contribution >= 0.6 is 23.8 Å². The Balaban J connectivity index is 2.23. The predicted molar refractivity (Wildman–Crippen MR) is 89.1 cm³/mol.